The third-order valence-electron chi connectivity index (χ3n) is 3.30. The standard InChI is InChI=1S/C12H17BrN2O2S/c1-9-11(7-8-12(13)14-9)15-18(16,17)10-5-3-2-4-6-10/h7-8,10,15H,2-6H2,1H3. The number of sulfonamides is 1. The monoisotopic (exact) mass is 332 g/mol. The number of halogens is 1. The summed E-state index contributed by atoms with van der Waals surface area (Å²) in [6.07, 6.45) is 4.67. The second-order valence-electron chi connectivity index (χ2n) is 4.67. The van der Waals surface area contributed by atoms with Gasteiger partial charge in [0.15, 0.2) is 0 Å². The van der Waals surface area contributed by atoms with Crippen LogP contribution in [0.15, 0.2) is 16.7 Å². The predicted octanol–water partition coefficient (Wildman–Crippen LogP) is 3.23. The van der Waals surface area contributed by atoms with Gasteiger partial charge in [0.1, 0.15) is 4.60 Å². The van der Waals surface area contributed by atoms with Crippen molar-refractivity contribution >= 4 is 31.6 Å². The highest BCUT2D eigenvalue weighted by Gasteiger charge is 2.27. The summed E-state index contributed by atoms with van der Waals surface area (Å²) < 4.78 is 27.9. The van der Waals surface area contributed by atoms with Crippen molar-refractivity contribution in [2.45, 2.75) is 44.3 Å². The molecule has 1 fully saturated rings. The van der Waals surface area contributed by atoms with Gasteiger partial charge in [-0.05, 0) is 47.8 Å². The third-order valence-corrected chi connectivity index (χ3v) is 5.59. The first-order valence-electron chi connectivity index (χ1n) is 6.14. The Morgan fingerprint density at radius 3 is 2.56 bits per heavy atom. The van der Waals surface area contributed by atoms with E-state index in [2.05, 4.69) is 25.6 Å². The Balaban J connectivity index is 2.16. The number of rotatable bonds is 3. The van der Waals surface area contributed by atoms with Gasteiger partial charge in [0.2, 0.25) is 10.0 Å². The van der Waals surface area contributed by atoms with Crippen molar-refractivity contribution in [3.63, 3.8) is 0 Å². The summed E-state index contributed by atoms with van der Waals surface area (Å²) >= 11 is 3.26. The van der Waals surface area contributed by atoms with Crippen molar-refractivity contribution in [3.05, 3.63) is 22.4 Å². The molecule has 18 heavy (non-hydrogen) atoms. The summed E-state index contributed by atoms with van der Waals surface area (Å²) in [5, 5.41) is -0.255. The van der Waals surface area contributed by atoms with Gasteiger partial charge in [0, 0.05) is 0 Å². The summed E-state index contributed by atoms with van der Waals surface area (Å²) in [6, 6.07) is 3.48. The van der Waals surface area contributed by atoms with E-state index in [0.717, 1.165) is 32.1 Å². The lowest BCUT2D eigenvalue weighted by atomic mass is 10.0. The summed E-state index contributed by atoms with van der Waals surface area (Å²) in [5.74, 6) is 0. The summed E-state index contributed by atoms with van der Waals surface area (Å²) in [4.78, 5) is 4.19. The number of aryl methyl sites for hydroxylation is 1. The Labute approximate surface area is 116 Å². The molecule has 4 nitrogen and oxygen atoms in total. The number of aromatic nitrogens is 1. The fourth-order valence-electron chi connectivity index (χ4n) is 2.25. The first-order chi connectivity index (χ1) is 8.49. The molecule has 1 N–H and O–H groups in total. The highest BCUT2D eigenvalue weighted by atomic mass is 79.9. The maximum atomic E-state index is 12.2. The maximum Gasteiger partial charge on any atom is 0.235 e. The highest BCUT2D eigenvalue weighted by molar-refractivity contribution is 9.10. The van der Waals surface area contributed by atoms with E-state index in [1.165, 1.54) is 0 Å². The lowest BCUT2D eigenvalue weighted by Crippen LogP contribution is -2.30. The van der Waals surface area contributed by atoms with Gasteiger partial charge in [-0.25, -0.2) is 13.4 Å². The van der Waals surface area contributed by atoms with Gasteiger partial charge in [-0.3, -0.25) is 4.72 Å². The molecule has 0 atom stereocenters. The van der Waals surface area contributed by atoms with Crippen molar-refractivity contribution in [1.29, 1.82) is 0 Å². The van der Waals surface area contributed by atoms with Crippen LogP contribution in [0.25, 0.3) is 0 Å². The quantitative estimate of drug-likeness (QED) is 0.864. The molecule has 1 aromatic heterocycles. The number of hydrogen-bond acceptors (Lipinski definition) is 3. The molecule has 0 saturated heterocycles. The number of pyridine rings is 1. The Bertz CT molecular complexity index is 525. The van der Waals surface area contributed by atoms with Crippen LogP contribution in [0, 0.1) is 6.92 Å². The van der Waals surface area contributed by atoms with Crippen molar-refractivity contribution in [3.8, 4) is 0 Å². The minimum atomic E-state index is -3.28. The SMILES string of the molecule is Cc1nc(Br)ccc1NS(=O)(=O)C1CCCCC1. The molecule has 1 aliphatic carbocycles. The molecule has 0 amide bonds. The minimum absolute atomic E-state index is 0.255. The highest BCUT2D eigenvalue weighted by Crippen LogP contribution is 2.26. The van der Waals surface area contributed by atoms with Crippen LogP contribution in [-0.4, -0.2) is 18.7 Å². The molecule has 1 aliphatic rings. The average Bonchev–Trinajstić information content (AvgIpc) is 2.34. The summed E-state index contributed by atoms with van der Waals surface area (Å²) in [5.41, 5.74) is 1.26. The van der Waals surface area contributed by atoms with Crippen LogP contribution >= 0.6 is 15.9 Å². The normalized spacial score (nSPS) is 17.7. The zero-order valence-corrected chi connectivity index (χ0v) is 12.7. The van der Waals surface area contributed by atoms with Gasteiger partial charge in [0.05, 0.1) is 16.6 Å². The Morgan fingerprint density at radius 2 is 1.94 bits per heavy atom. The van der Waals surface area contributed by atoms with Gasteiger partial charge in [0.25, 0.3) is 0 Å². The molecule has 0 aliphatic heterocycles. The van der Waals surface area contributed by atoms with E-state index in [1.54, 1.807) is 19.1 Å². The van der Waals surface area contributed by atoms with E-state index >= 15 is 0 Å². The largest absolute Gasteiger partial charge is 0.281 e. The zero-order valence-electron chi connectivity index (χ0n) is 10.3. The van der Waals surface area contributed by atoms with Crippen LogP contribution in [0.2, 0.25) is 0 Å². The van der Waals surface area contributed by atoms with Crippen LogP contribution in [0.5, 0.6) is 0 Å². The fraction of sp³-hybridized carbons (Fsp3) is 0.583. The molecule has 1 saturated carbocycles. The smallest absolute Gasteiger partial charge is 0.235 e. The lowest BCUT2D eigenvalue weighted by Gasteiger charge is -2.22. The zero-order chi connectivity index (χ0) is 13.2. The Kier molecular flexibility index (Phi) is 4.27. The summed E-state index contributed by atoms with van der Waals surface area (Å²) in [7, 11) is -3.28. The molecule has 100 valence electrons. The molecule has 6 heteroatoms. The van der Waals surface area contributed by atoms with Crippen LogP contribution in [0.3, 0.4) is 0 Å². The van der Waals surface area contributed by atoms with E-state index in [1.807, 2.05) is 0 Å². The average molecular weight is 333 g/mol. The topological polar surface area (TPSA) is 59.1 Å². The first-order valence-corrected chi connectivity index (χ1v) is 8.48. The second-order valence-corrected chi connectivity index (χ2v) is 7.45. The predicted molar refractivity (Wildman–Crippen MR) is 76.1 cm³/mol. The number of anilines is 1. The van der Waals surface area contributed by atoms with Crippen LogP contribution in [0.1, 0.15) is 37.8 Å². The lowest BCUT2D eigenvalue weighted by molar-refractivity contribution is 0.486. The number of nitrogens with one attached hydrogen (secondary N) is 1. The van der Waals surface area contributed by atoms with Gasteiger partial charge >= 0.3 is 0 Å². The fourth-order valence-corrected chi connectivity index (χ4v) is 4.29. The molecule has 1 aromatic rings. The molecule has 2 rings (SSSR count). The second kappa shape index (κ2) is 5.57. The molecular weight excluding hydrogens is 316 g/mol. The number of nitrogens with zero attached hydrogens (tertiary/aromatic N) is 1. The van der Waals surface area contributed by atoms with E-state index in [0.29, 0.717) is 16.0 Å². The van der Waals surface area contributed by atoms with E-state index < -0.39 is 10.0 Å². The summed E-state index contributed by atoms with van der Waals surface area (Å²) in [6.45, 7) is 1.80. The van der Waals surface area contributed by atoms with Gasteiger partial charge in [-0.15, -0.1) is 0 Å². The molecular formula is C12H17BrN2O2S. The molecule has 0 radical (unpaired) electrons. The van der Waals surface area contributed by atoms with E-state index in [9.17, 15) is 8.42 Å². The van der Waals surface area contributed by atoms with Crippen molar-refractivity contribution in [2.24, 2.45) is 0 Å². The van der Waals surface area contributed by atoms with E-state index in [4.69, 9.17) is 0 Å². The first kappa shape index (κ1) is 13.8. The number of hydrogen-bond donors (Lipinski definition) is 1. The van der Waals surface area contributed by atoms with Crippen LogP contribution in [0.4, 0.5) is 5.69 Å². The maximum absolute atomic E-state index is 12.2. The van der Waals surface area contributed by atoms with Gasteiger partial charge < -0.3 is 0 Å². The van der Waals surface area contributed by atoms with Crippen LogP contribution in [-0.2, 0) is 10.0 Å². The van der Waals surface area contributed by atoms with Gasteiger partial charge in [-0.1, -0.05) is 19.3 Å². The molecule has 0 unspecified atom stereocenters. The van der Waals surface area contributed by atoms with E-state index in [-0.39, 0.29) is 5.25 Å². The van der Waals surface area contributed by atoms with Crippen molar-refractivity contribution in [2.75, 3.05) is 4.72 Å². The molecule has 1 heterocycles. The molecule has 0 aromatic carbocycles. The van der Waals surface area contributed by atoms with Crippen molar-refractivity contribution < 1.29 is 8.42 Å². The third kappa shape index (κ3) is 3.23. The van der Waals surface area contributed by atoms with Gasteiger partial charge in [-0.2, -0.15) is 0 Å². The Hall–Kier alpha value is -0.620. The minimum Gasteiger partial charge on any atom is -0.281 e. The van der Waals surface area contributed by atoms with Crippen LogP contribution < -0.4 is 4.72 Å². The molecule has 0 spiro atoms. The van der Waals surface area contributed by atoms with Crippen molar-refractivity contribution in [1.82, 2.24) is 4.98 Å². The Morgan fingerprint density at radius 1 is 1.28 bits per heavy atom. The molecule has 0 bridgehead atoms.